The van der Waals surface area contributed by atoms with E-state index in [4.69, 9.17) is 22.1 Å². The van der Waals surface area contributed by atoms with Gasteiger partial charge in [0.15, 0.2) is 11.6 Å². The number of aliphatic carboxylic acids is 1. The Morgan fingerprint density at radius 1 is 1.32 bits per heavy atom. The number of piperidine rings is 1. The quantitative estimate of drug-likeness (QED) is 0.315. The molecule has 0 bridgehead atoms. The minimum absolute atomic E-state index is 0.112. The summed E-state index contributed by atoms with van der Waals surface area (Å²) < 4.78 is 45.9. The van der Waals surface area contributed by atoms with Crippen molar-refractivity contribution in [1.82, 2.24) is 9.88 Å². The summed E-state index contributed by atoms with van der Waals surface area (Å²) in [5, 5.41) is 11.1. The molecule has 3 N–H and O–H groups in total. The molecule has 0 aliphatic carbocycles. The van der Waals surface area contributed by atoms with Crippen molar-refractivity contribution in [3.8, 4) is 17.6 Å². The van der Waals surface area contributed by atoms with Crippen LogP contribution in [0.25, 0.3) is 10.9 Å². The van der Waals surface area contributed by atoms with Gasteiger partial charge in [0.2, 0.25) is 0 Å². The van der Waals surface area contributed by atoms with Gasteiger partial charge in [-0.25, -0.2) is 13.2 Å². The molecule has 0 radical (unpaired) electrons. The second kappa shape index (κ2) is 12.0. The van der Waals surface area contributed by atoms with Crippen molar-refractivity contribution in [1.29, 1.82) is 0 Å². The Hall–Kier alpha value is -3.32. The van der Waals surface area contributed by atoms with Crippen molar-refractivity contribution in [2.24, 2.45) is 17.6 Å². The number of nitrogens with zero attached hydrogens (tertiary/aromatic N) is 2. The van der Waals surface area contributed by atoms with Gasteiger partial charge < -0.3 is 15.6 Å². The highest BCUT2D eigenvalue weighted by Gasteiger charge is 2.34. The van der Waals surface area contributed by atoms with E-state index >= 15 is 0 Å². The Kier molecular flexibility index (Phi) is 8.77. The zero-order valence-electron chi connectivity index (χ0n) is 20.7. The highest BCUT2D eigenvalue weighted by atomic mass is 35.5. The number of hydrogen-bond donors (Lipinski definition) is 2. The van der Waals surface area contributed by atoms with E-state index in [0.717, 1.165) is 22.5 Å². The van der Waals surface area contributed by atoms with E-state index in [1.165, 1.54) is 0 Å². The zero-order chi connectivity index (χ0) is 27.4. The molecule has 4 rings (SSSR count). The Morgan fingerprint density at radius 2 is 2.11 bits per heavy atom. The lowest BCUT2D eigenvalue weighted by molar-refractivity contribution is -0.146. The standard InChI is InChI=1S/C28H27ClF3N3O3/c1-38-19-5-7-25-20(13-19)26(22(29)14-34-25)24(33)6-4-16-8-10-35(15-21(16)28(36)37)9-2-3-17-11-18(30)12-23(31)27(17)32/h5,7,11-14,16,21,24H,4,6,8-10,15,33H2,1H3,(H,36,37)/t16-,21+,24-/m0/s1. The van der Waals surface area contributed by atoms with Crippen LogP contribution in [0.15, 0.2) is 36.5 Å². The van der Waals surface area contributed by atoms with Crippen LogP contribution in [0.5, 0.6) is 5.75 Å². The van der Waals surface area contributed by atoms with E-state index in [9.17, 15) is 23.1 Å². The molecular formula is C28H27ClF3N3O3. The van der Waals surface area contributed by atoms with Crippen molar-refractivity contribution < 1.29 is 27.8 Å². The number of carboxylic acids is 1. The smallest absolute Gasteiger partial charge is 0.308 e. The molecular weight excluding hydrogens is 519 g/mol. The number of benzene rings is 2. The van der Waals surface area contributed by atoms with Gasteiger partial charge in [0.25, 0.3) is 0 Å². The van der Waals surface area contributed by atoms with Gasteiger partial charge in [0, 0.05) is 30.2 Å². The van der Waals surface area contributed by atoms with Crippen LogP contribution in [0, 0.1) is 41.1 Å². The topological polar surface area (TPSA) is 88.7 Å². The van der Waals surface area contributed by atoms with Crippen LogP contribution in [0.4, 0.5) is 13.2 Å². The van der Waals surface area contributed by atoms with Crippen molar-refractivity contribution in [2.75, 3.05) is 26.7 Å². The van der Waals surface area contributed by atoms with E-state index in [-0.39, 0.29) is 24.6 Å². The average molecular weight is 546 g/mol. The monoisotopic (exact) mass is 545 g/mol. The van der Waals surface area contributed by atoms with E-state index in [0.29, 0.717) is 42.6 Å². The van der Waals surface area contributed by atoms with Gasteiger partial charge in [-0.05, 0) is 61.6 Å². The van der Waals surface area contributed by atoms with Crippen LogP contribution >= 0.6 is 11.6 Å². The largest absolute Gasteiger partial charge is 0.497 e. The molecule has 38 heavy (non-hydrogen) atoms. The second-order valence-electron chi connectivity index (χ2n) is 9.37. The average Bonchev–Trinajstić information content (AvgIpc) is 2.89. The molecule has 2 heterocycles. The normalized spacial score (nSPS) is 18.6. The summed E-state index contributed by atoms with van der Waals surface area (Å²) >= 11 is 6.47. The third-order valence-corrected chi connectivity index (χ3v) is 7.26. The van der Waals surface area contributed by atoms with Gasteiger partial charge in [-0.2, -0.15) is 0 Å². The number of ether oxygens (including phenoxy) is 1. The summed E-state index contributed by atoms with van der Waals surface area (Å²) in [6.07, 6.45) is 3.27. The number of carbonyl (C=O) groups is 1. The van der Waals surface area contributed by atoms with Gasteiger partial charge in [-0.1, -0.05) is 23.4 Å². The Bertz CT molecular complexity index is 1410. The molecule has 6 nitrogen and oxygen atoms in total. The Balaban J connectivity index is 1.42. The molecule has 0 saturated carbocycles. The van der Waals surface area contributed by atoms with Gasteiger partial charge in [-0.15, -0.1) is 0 Å². The van der Waals surface area contributed by atoms with E-state index in [1.54, 1.807) is 19.4 Å². The minimum atomic E-state index is -1.31. The molecule has 0 unspecified atom stereocenters. The van der Waals surface area contributed by atoms with Crippen LogP contribution in [-0.2, 0) is 4.79 Å². The summed E-state index contributed by atoms with van der Waals surface area (Å²) in [5.74, 6) is 0.691. The van der Waals surface area contributed by atoms with E-state index < -0.39 is 35.4 Å². The number of hydrogen-bond acceptors (Lipinski definition) is 5. The fourth-order valence-electron chi connectivity index (χ4n) is 4.94. The first-order chi connectivity index (χ1) is 18.2. The number of methoxy groups -OCH3 is 1. The van der Waals surface area contributed by atoms with Crippen LogP contribution in [0.3, 0.4) is 0 Å². The third-order valence-electron chi connectivity index (χ3n) is 6.96. The maximum absolute atomic E-state index is 13.8. The van der Waals surface area contributed by atoms with Gasteiger partial charge in [0.05, 0.1) is 35.7 Å². The first kappa shape index (κ1) is 27.7. The maximum atomic E-state index is 13.8. The van der Waals surface area contributed by atoms with Crippen molar-refractivity contribution >= 4 is 28.5 Å². The summed E-state index contributed by atoms with van der Waals surface area (Å²) in [5.41, 5.74) is 7.67. The first-order valence-electron chi connectivity index (χ1n) is 12.1. The van der Waals surface area contributed by atoms with E-state index in [1.807, 2.05) is 17.0 Å². The molecule has 3 atom stereocenters. The van der Waals surface area contributed by atoms with Crippen molar-refractivity contribution in [2.45, 2.75) is 25.3 Å². The fraction of sp³-hybridized carbons (Fsp3) is 0.357. The maximum Gasteiger partial charge on any atom is 0.308 e. The Labute approximate surface area is 223 Å². The van der Waals surface area contributed by atoms with Crippen LogP contribution in [0.1, 0.15) is 36.4 Å². The molecule has 1 aliphatic rings. The van der Waals surface area contributed by atoms with Crippen LogP contribution in [0.2, 0.25) is 5.02 Å². The number of likely N-dealkylation sites (tertiary alicyclic amines) is 1. The van der Waals surface area contributed by atoms with Crippen LogP contribution < -0.4 is 10.5 Å². The summed E-state index contributed by atoms with van der Waals surface area (Å²) in [6, 6.07) is 6.33. The third kappa shape index (κ3) is 6.21. The highest BCUT2D eigenvalue weighted by molar-refractivity contribution is 6.32. The lowest BCUT2D eigenvalue weighted by Gasteiger charge is -2.36. The fourth-order valence-corrected chi connectivity index (χ4v) is 5.23. The number of carboxylic acid groups (broad SMARTS) is 1. The van der Waals surface area contributed by atoms with Crippen LogP contribution in [-0.4, -0.2) is 47.7 Å². The lowest BCUT2D eigenvalue weighted by atomic mass is 9.81. The van der Waals surface area contributed by atoms with Crippen molar-refractivity contribution in [3.05, 3.63) is 70.1 Å². The number of fused-ring (bicyclic) bond motifs is 1. The summed E-state index contributed by atoms with van der Waals surface area (Å²) in [6.45, 7) is 0.975. The molecule has 3 aromatic rings. The first-order valence-corrected chi connectivity index (χ1v) is 12.5. The number of pyridine rings is 1. The molecule has 0 amide bonds. The number of halogens is 4. The molecule has 2 aromatic carbocycles. The number of aromatic nitrogens is 1. The molecule has 200 valence electrons. The minimum Gasteiger partial charge on any atom is -0.497 e. The zero-order valence-corrected chi connectivity index (χ0v) is 21.4. The number of rotatable bonds is 7. The molecule has 1 aromatic heterocycles. The predicted molar refractivity (Wildman–Crippen MR) is 138 cm³/mol. The predicted octanol–water partition coefficient (Wildman–Crippen LogP) is 5.17. The lowest BCUT2D eigenvalue weighted by Crippen LogP contribution is -2.44. The van der Waals surface area contributed by atoms with Crippen molar-refractivity contribution in [3.63, 3.8) is 0 Å². The van der Waals surface area contributed by atoms with Gasteiger partial charge in [-0.3, -0.25) is 14.7 Å². The van der Waals surface area contributed by atoms with Gasteiger partial charge >= 0.3 is 5.97 Å². The molecule has 1 aliphatic heterocycles. The molecule has 1 fully saturated rings. The SMILES string of the molecule is COc1ccc2ncc(Cl)c([C@@H](N)CC[C@H]3CCN(CC#Cc4cc(F)cc(F)c4F)C[C@H]3C(=O)O)c2c1. The summed E-state index contributed by atoms with van der Waals surface area (Å²) in [7, 11) is 1.57. The molecule has 0 spiro atoms. The summed E-state index contributed by atoms with van der Waals surface area (Å²) in [4.78, 5) is 18.3. The van der Waals surface area contributed by atoms with E-state index in [2.05, 4.69) is 16.8 Å². The molecule has 1 saturated heterocycles. The highest BCUT2D eigenvalue weighted by Crippen LogP contribution is 2.36. The number of nitrogens with two attached hydrogens (primary N) is 1. The van der Waals surface area contributed by atoms with Gasteiger partial charge in [0.1, 0.15) is 11.6 Å². The molecule has 10 heteroatoms. The second-order valence-corrected chi connectivity index (χ2v) is 9.77. The Morgan fingerprint density at radius 3 is 2.84 bits per heavy atom.